The summed E-state index contributed by atoms with van der Waals surface area (Å²) < 4.78 is 13.4. The molecule has 0 saturated carbocycles. The number of hydrogen-bond acceptors (Lipinski definition) is 6. The molecule has 1 aliphatic heterocycles. The molecule has 0 radical (unpaired) electrons. The highest BCUT2D eigenvalue weighted by atomic mass is 35.5. The summed E-state index contributed by atoms with van der Waals surface area (Å²) in [7, 11) is 0. The van der Waals surface area contributed by atoms with Gasteiger partial charge in [0.05, 0.1) is 24.2 Å². The van der Waals surface area contributed by atoms with E-state index in [4.69, 9.17) is 0 Å². The first kappa shape index (κ1) is 30.8. The standard InChI is InChI=1S/C31H29FN4O4S.ClH/c1-19(25-7-3-2-5-20(25)8-11-24-6-4-14-41-24)34-31(40)28-16-23(37)18-36(28)29(38)17-33-30(39)27-12-9-21-15-22(32)10-13-26(21)35-27;/h2-15,19,23,28,37H,16-18H2,1H3,(H,33,39)(H,34,40);1H/b11-8+;/t19-,23+,28-;/m0./s1. The number of carbonyl (C=O) groups excluding carboxylic acids is 3. The van der Waals surface area contributed by atoms with Crippen molar-refractivity contribution in [2.24, 2.45) is 0 Å². The van der Waals surface area contributed by atoms with Crippen molar-refractivity contribution in [1.29, 1.82) is 0 Å². The number of aromatic nitrogens is 1. The summed E-state index contributed by atoms with van der Waals surface area (Å²) in [6, 6.07) is 17.6. The number of likely N-dealkylation sites (tertiary alicyclic amines) is 1. The molecule has 11 heteroatoms. The van der Waals surface area contributed by atoms with Gasteiger partial charge in [-0.2, -0.15) is 0 Å². The highest BCUT2D eigenvalue weighted by Crippen LogP contribution is 2.24. The van der Waals surface area contributed by atoms with Crippen molar-refractivity contribution in [3.05, 3.63) is 99.6 Å². The largest absolute Gasteiger partial charge is 0.391 e. The minimum atomic E-state index is -0.876. The van der Waals surface area contributed by atoms with Crippen LogP contribution >= 0.6 is 23.7 Å². The molecule has 1 fully saturated rings. The lowest BCUT2D eigenvalue weighted by atomic mass is 10.0. The summed E-state index contributed by atoms with van der Waals surface area (Å²) in [5, 5.41) is 18.4. The molecule has 0 unspecified atom stereocenters. The van der Waals surface area contributed by atoms with Gasteiger partial charge in [-0.05, 0) is 59.8 Å². The number of amides is 3. The highest BCUT2D eigenvalue weighted by molar-refractivity contribution is 7.10. The Bertz CT molecular complexity index is 1610. The number of aliphatic hydroxyl groups is 1. The fourth-order valence-corrected chi connectivity index (χ4v) is 5.53. The first-order chi connectivity index (χ1) is 19.8. The summed E-state index contributed by atoms with van der Waals surface area (Å²) in [4.78, 5) is 45.7. The zero-order chi connectivity index (χ0) is 28.9. The zero-order valence-corrected chi connectivity index (χ0v) is 24.3. The second kappa shape index (κ2) is 13.7. The number of rotatable bonds is 8. The average Bonchev–Trinajstić information content (AvgIpc) is 3.64. The van der Waals surface area contributed by atoms with Gasteiger partial charge >= 0.3 is 0 Å². The minimum absolute atomic E-state index is 0. The van der Waals surface area contributed by atoms with Crippen LogP contribution in [0.4, 0.5) is 4.39 Å². The van der Waals surface area contributed by atoms with Gasteiger partial charge in [0.25, 0.3) is 5.91 Å². The number of benzene rings is 2. The van der Waals surface area contributed by atoms with Crippen LogP contribution in [0.25, 0.3) is 23.1 Å². The number of carbonyl (C=O) groups is 3. The van der Waals surface area contributed by atoms with Gasteiger partial charge in [-0.25, -0.2) is 9.37 Å². The molecule has 3 atom stereocenters. The van der Waals surface area contributed by atoms with Crippen LogP contribution < -0.4 is 10.6 Å². The molecule has 4 aromatic rings. The molecule has 2 aromatic carbocycles. The van der Waals surface area contributed by atoms with Crippen molar-refractivity contribution in [2.75, 3.05) is 13.1 Å². The van der Waals surface area contributed by atoms with E-state index in [9.17, 15) is 23.9 Å². The third-order valence-electron chi connectivity index (χ3n) is 6.98. The van der Waals surface area contributed by atoms with E-state index in [0.717, 1.165) is 16.0 Å². The number of halogens is 2. The van der Waals surface area contributed by atoms with Crippen LogP contribution in [0, 0.1) is 5.82 Å². The Hall–Kier alpha value is -4.12. The summed E-state index contributed by atoms with van der Waals surface area (Å²) in [6.45, 7) is 1.49. The SMILES string of the molecule is C[C@H](NC(=O)[C@@H]1C[C@@H](O)CN1C(=O)CNC(=O)c1ccc2cc(F)ccc2n1)c1ccccc1/C=C/c1cccs1.Cl. The van der Waals surface area contributed by atoms with Crippen LogP contribution in [-0.2, 0) is 9.59 Å². The number of nitrogens with zero attached hydrogens (tertiary/aromatic N) is 2. The highest BCUT2D eigenvalue weighted by Gasteiger charge is 2.39. The maximum Gasteiger partial charge on any atom is 0.270 e. The fraction of sp³-hybridized carbons (Fsp3) is 0.226. The molecule has 1 saturated heterocycles. The molecule has 1 aliphatic rings. The van der Waals surface area contributed by atoms with Crippen molar-refractivity contribution in [1.82, 2.24) is 20.5 Å². The van der Waals surface area contributed by atoms with Gasteiger partial charge in [0.2, 0.25) is 11.8 Å². The first-order valence-corrected chi connectivity index (χ1v) is 14.1. The molecule has 3 N–H and O–H groups in total. The Labute approximate surface area is 252 Å². The first-order valence-electron chi connectivity index (χ1n) is 13.2. The van der Waals surface area contributed by atoms with Gasteiger partial charge < -0.3 is 20.6 Å². The maximum absolute atomic E-state index is 13.4. The van der Waals surface area contributed by atoms with Crippen molar-refractivity contribution < 1.29 is 23.9 Å². The Morgan fingerprint density at radius 2 is 1.93 bits per heavy atom. The lowest BCUT2D eigenvalue weighted by Gasteiger charge is -2.26. The van der Waals surface area contributed by atoms with Gasteiger partial charge in [-0.15, -0.1) is 23.7 Å². The normalized spacial score (nSPS) is 17.2. The van der Waals surface area contributed by atoms with E-state index in [1.54, 1.807) is 17.4 Å². The van der Waals surface area contributed by atoms with Crippen molar-refractivity contribution in [3.63, 3.8) is 0 Å². The molecule has 218 valence electrons. The van der Waals surface area contributed by atoms with E-state index in [1.807, 2.05) is 60.9 Å². The molecule has 0 aliphatic carbocycles. The predicted octanol–water partition coefficient (Wildman–Crippen LogP) is 4.60. The number of fused-ring (bicyclic) bond motifs is 1. The average molecular weight is 609 g/mol. The van der Waals surface area contributed by atoms with Crippen molar-refractivity contribution in [3.8, 4) is 0 Å². The molecule has 5 rings (SSSR count). The van der Waals surface area contributed by atoms with Gasteiger partial charge in [-0.1, -0.05) is 42.5 Å². The van der Waals surface area contributed by atoms with Gasteiger partial charge in [0.1, 0.15) is 17.6 Å². The monoisotopic (exact) mass is 608 g/mol. The van der Waals surface area contributed by atoms with Gasteiger partial charge in [0.15, 0.2) is 0 Å². The summed E-state index contributed by atoms with van der Waals surface area (Å²) in [5.41, 5.74) is 2.40. The predicted molar refractivity (Wildman–Crippen MR) is 164 cm³/mol. The van der Waals surface area contributed by atoms with E-state index < -0.39 is 29.8 Å². The molecule has 8 nitrogen and oxygen atoms in total. The number of aliphatic hydroxyl groups excluding tert-OH is 1. The van der Waals surface area contributed by atoms with Gasteiger partial charge in [0, 0.05) is 23.2 Å². The van der Waals surface area contributed by atoms with Crippen LogP contribution in [0.15, 0.2) is 72.1 Å². The van der Waals surface area contributed by atoms with E-state index in [2.05, 4.69) is 15.6 Å². The minimum Gasteiger partial charge on any atom is -0.391 e. The van der Waals surface area contributed by atoms with E-state index >= 15 is 0 Å². The Morgan fingerprint density at radius 1 is 1.12 bits per heavy atom. The Balaban J connectivity index is 0.00000405. The third kappa shape index (κ3) is 7.20. The lowest BCUT2D eigenvalue weighted by molar-refractivity contribution is -0.138. The summed E-state index contributed by atoms with van der Waals surface area (Å²) in [5.74, 6) is -1.86. The second-order valence-electron chi connectivity index (χ2n) is 9.88. The summed E-state index contributed by atoms with van der Waals surface area (Å²) in [6.07, 6.45) is 3.27. The Morgan fingerprint density at radius 3 is 2.71 bits per heavy atom. The van der Waals surface area contributed by atoms with Gasteiger partial charge in [-0.3, -0.25) is 14.4 Å². The van der Waals surface area contributed by atoms with E-state index in [1.165, 1.54) is 29.2 Å². The molecule has 3 amide bonds. The fourth-order valence-electron chi connectivity index (χ4n) is 4.91. The Kier molecular flexibility index (Phi) is 10.1. The van der Waals surface area contributed by atoms with Crippen LogP contribution in [0.2, 0.25) is 0 Å². The second-order valence-corrected chi connectivity index (χ2v) is 10.9. The molecule has 42 heavy (non-hydrogen) atoms. The topological polar surface area (TPSA) is 112 Å². The number of pyridine rings is 1. The van der Waals surface area contributed by atoms with E-state index in [-0.39, 0.29) is 49.6 Å². The molecule has 0 bridgehead atoms. The van der Waals surface area contributed by atoms with Crippen molar-refractivity contribution >= 4 is 64.5 Å². The van der Waals surface area contributed by atoms with Crippen LogP contribution in [0.1, 0.15) is 45.9 Å². The molecule has 3 heterocycles. The quantitative estimate of drug-likeness (QED) is 0.271. The molecular weight excluding hydrogens is 579 g/mol. The smallest absolute Gasteiger partial charge is 0.270 e. The lowest BCUT2D eigenvalue weighted by Crippen LogP contribution is -2.49. The number of nitrogens with one attached hydrogen (secondary N) is 2. The molecule has 0 spiro atoms. The maximum atomic E-state index is 13.4. The van der Waals surface area contributed by atoms with Crippen molar-refractivity contribution in [2.45, 2.75) is 31.5 Å². The van der Waals surface area contributed by atoms with E-state index in [0.29, 0.717) is 10.9 Å². The van der Waals surface area contributed by atoms with Crippen LogP contribution in [0.3, 0.4) is 0 Å². The number of β-amino-alcohol motifs (C(OH)–C–C–N with tert-alkyl or cyclic N) is 1. The van der Waals surface area contributed by atoms with Crippen LogP contribution in [-0.4, -0.2) is 57.9 Å². The molecule has 2 aromatic heterocycles. The van der Waals surface area contributed by atoms with Crippen LogP contribution in [0.5, 0.6) is 0 Å². The number of hydrogen-bond donors (Lipinski definition) is 3. The zero-order valence-electron chi connectivity index (χ0n) is 22.7. The number of thiophene rings is 1. The molecular formula is C31H30ClFN4O4S. The summed E-state index contributed by atoms with van der Waals surface area (Å²) >= 11 is 1.63. The third-order valence-corrected chi connectivity index (χ3v) is 7.82.